The number of rotatable bonds is 5. The van der Waals surface area contributed by atoms with Gasteiger partial charge in [-0.05, 0) is 65.7 Å². The van der Waals surface area contributed by atoms with Gasteiger partial charge in [-0.3, -0.25) is 9.69 Å². The van der Waals surface area contributed by atoms with Crippen LogP contribution in [0.4, 0.5) is 5.69 Å². The van der Waals surface area contributed by atoms with Crippen LogP contribution in [0, 0.1) is 0 Å². The number of para-hydroxylation sites is 2. The molecule has 158 valence electrons. The summed E-state index contributed by atoms with van der Waals surface area (Å²) in [5, 5.41) is 11.6. The highest BCUT2D eigenvalue weighted by molar-refractivity contribution is 8.18. The van der Waals surface area contributed by atoms with E-state index in [1.165, 1.54) is 22.7 Å². The van der Waals surface area contributed by atoms with Gasteiger partial charge in [0.25, 0.3) is 5.91 Å². The van der Waals surface area contributed by atoms with Gasteiger partial charge in [0.05, 0.1) is 10.6 Å². The fourth-order valence-electron chi connectivity index (χ4n) is 3.74. The van der Waals surface area contributed by atoms with Gasteiger partial charge in [0.2, 0.25) is 0 Å². The zero-order valence-electron chi connectivity index (χ0n) is 17.2. The Kier molecular flexibility index (Phi) is 5.52. The molecule has 0 aliphatic carbocycles. The molecular formula is C26H21N3O2S. The number of phenolic OH excluding ortho intramolecular Hbond substituents is 1. The van der Waals surface area contributed by atoms with Crippen molar-refractivity contribution >= 4 is 45.5 Å². The summed E-state index contributed by atoms with van der Waals surface area (Å²) in [5.41, 5.74) is 3.84. The van der Waals surface area contributed by atoms with Crippen LogP contribution in [0.15, 0.2) is 95.0 Å². The minimum Gasteiger partial charge on any atom is -0.508 e. The molecule has 5 nitrogen and oxygen atoms in total. The summed E-state index contributed by atoms with van der Waals surface area (Å²) in [5.74, 6) is 0.0945. The number of carbonyl (C=O) groups excluding carboxylic acids is 1. The SMILES string of the molecule is O=C1C(=Cc2cccc(O)c2)SC(=Nc2ccccc2)N1CCc1c[nH]c2ccccc12. The highest BCUT2D eigenvalue weighted by Gasteiger charge is 2.33. The molecule has 2 N–H and O–H groups in total. The summed E-state index contributed by atoms with van der Waals surface area (Å²) in [7, 11) is 0. The number of hydrogen-bond donors (Lipinski definition) is 2. The first-order valence-electron chi connectivity index (χ1n) is 10.4. The number of phenols is 1. The minimum absolute atomic E-state index is 0.0761. The monoisotopic (exact) mass is 439 g/mol. The van der Waals surface area contributed by atoms with Gasteiger partial charge in [0, 0.05) is 23.6 Å². The highest BCUT2D eigenvalue weighted by atomic mass is 32.2. The molecule has 0 saturated carbocycles. The Morgan fingerprint density at radius 2 is 1.81 bits per heavy atom. The summed E-state index contributed by atoms with van der Waals surface area (Å²) >= 11 is 1.36. The maximum atomic E-state index is 13.3. The van der Waals surface area contributed by atoms with Crippen molar-refractivity contribution in [3.05, 3.63) is 101 Å². The van der Waals surface area contributed by atoms with Crippen LogP contribution < -0.4 is 0 Å². The maximum Gasteiger partial charge on any atom is 0.266 e. The first-order chi connectivity index (χ1) is 15.7. The number of aromatic amines is 1. The summed E-state index contributed by atoms with van der Waals surface area (Å²) in [4.78, 5) is 23.7. The van der Waals surface area contributed by atoms with E-state index >= 15 is 0 Å². The number of fused-ring (bicyclic) bond motifs is 1. The Morgan fingerprint density at radius 3 is 2.66 bits per heavy atom. The molecule has 5 rings (SSSR count). The van der Waals surface area contributed by atoms with Crippen LogP contribution >= 0.6 is 11.8 Å². The molecule has 0 radical (unpaired) electrons. The number of benzene rings is 3. The fourth-order valence-corrected chi connectivity index (χ4v) is 4.76. The predicted octanol–water partition coefficient (Wildman–Crippen LogP) is 5.72. The quantitative estimate of drug-likeness (QED) is 0.391. The van der Waals surface area contributed by atoms with Gasteiger partial charge in [0.15, 0.2) is 5.17 Å². The fraction of sp³-hybridized carbons (Fsp3) is 0.0769. The van der Waals surface area contributed by atoms with E-state index in [-0.39, 0.29) is 11.7 Å². The standard InChI is InChI=1S/C26H21N3O2S/c30-21-10-6-7-18(15-21)16-24-25(31)29(26(32-24)28-20-8-2-1-3-9-20)14-13-19-17-27-23-12-5-4-11-22(19)23/h1-12,15-17,27,30H,13-14H2. The van der Waals surface area contributed by atoms with Gasteiger partial charge in [-0.15, -0.1) is 0 Å². The lowest BCUT2D eigenvalue weighted by atomic mass is 10.1. The number of nitrogens with zero attached hydrogens (tertiary/aromatic N) is 2. The second kappa shape index (κ2) is 8.77. The second-order valence-corrected chi connectivity index (χ2v) is 8.51. The van der Waals surface area contributed by atoms with Gasteiger partial charge in [-0.1, -0.05) is 48.5 Å². The molecular weight excluding hydrogens is 418 g/mol. The molecule has 0 unspecified atom stereocenters. The van der Waals surface area contributed by atoms with Crippen molar-refractivity contribution in [2.75, 3.05) is 6.54 Å². The molecule has 1 aliphatic rings. The van der Waals surface area contributed by atoms with Crippen molar-refractivity contribution in [3.63, 3.8) is 0 Å². The number of aromatic hydroxyl groups is 1. The van der Waals surface area contributed by atoms with Crippen LogP contribution in [-0.4, -0.2) is 32.6 Å². The Hall–Kier alpha value is -3.77. The molecule has 3 aromatic carbocycles. The summed E-state index contributed by atoms with van der Waals surface area (Å²) in [6, 6.07) is 24.7. The third kappa shape index (κ3) is 4.18. The van der Waals surface area contributed by atoms with Crippen molar-refractivity contribution in [3.8, 4) is 5.75 Å². The number of hydrogen-bond acceptors (Lipinski definition) is 4. The lowest BCUT2D eigenvalue weighted by molar-refractivity contribution is -0.122. The lowest BCUT2D eigenvalue weighted by Crippen LogP contribution is -2.31. The van der Waals surface area contributed by atoms with E-state index in [0.717, 1.165) is 16.8 Å². The topological polar surface area (TPSA) is 68.7 Å². The van der Waals surface area contributed by atoms with Gasteiger partial charge in [-0.25, -0.2) is 4.99 Å². The van der Waals surface area contributed by atoms with E-state index in [1.807, 2.05) is 60.8 Å². The number of nitrogens with one attached hydrogen (secondary N) is 1. The van der Waals surface area contributed by atoms with Crippen LogP contribution in [-0.2, 0) is 11.2 Å². The van der Waals surface area contributed by atoms with Crippen molar-refractivity contribution in [2.45, 2.75) is 6.42 Å². The van der Waals surface area contributed by atoms with Crippen molar-refractivity contribution in [1.82, 2.24) is 9.88 Å². The van der Waals surface area contributed by atoms with Crippen LogP contribution in [0.25, 0.3) is 17.0 Å². The molecule has 0 spiro atoms. The first-order valence-corrected chi connectivity index (χ1v) is 11.2. The van der Waals surface area contributed by atoms with E-state index in [0.29, 0.717) is 23.0 Å². The molecule has 1 saturated heterocycles. The van der Waals surface area contributed by atoms with Crippen LogP contribution in [0.5, 0.6) is 5.75 Å². The summed E-state index contributed by atoms with van der Waals surface area (Å²) in [6.07, 6.45) is 4.53. The number of carbonyl (C=O) groups is 1. The zero-order valence-corrected chi connectivity index (χ0v) is 18.0. The van der Waals surface area contributed by atoms with Crippen molar-refractivity contribution in [1.29, 1.82) is 0 Å². The van der Waals surface area contributed by atoms with Gasteiger partial charge in [-0.2, -0.15) is 0 Å². The Morgan fingerprint density at radius 1 is 1.00 bits per heavy atom. The number of amides is 1. The molecule has 1 amide bonds. The summed E-state index contributed by atoms with van der Waals surface area (Å²) < 4.78 is 0. The van der Waals surface area contributed by atoms with E-state index in [1.54, 1.807) is 29.2 Å². The Labute approximate surface area is 190 Å². The Balaban J connectivity index is 1.45. The van der Waals surface area contributed by atoms with E-state index in [2.05, 4.69) is 11.1 Å². The molecule has 1 aromatic heterocycles. The summed E-state index contributed by atoms with van der Waals surface area (Å²) in [6.45, 7) is 0.525. The molecule has 1 fully saturated rings. The molecule has 0 bridgehead atoms. The van der Waals surface area contributed by atoms with Crippen molar-refractivity contribution in [2.24, 2.45) is 4.99 Å². The molecule has 1 aliphatic heterocycles. The average Bonchev–Trinajstić information content (AvgIpc) is 3.34. The number of amidine groups is 1. The van der Waals surface area contributed by atoms with Gasteiger partial charge in [0.1, 0.15) is 5.75 Å². The lowest BCUT2D eigenvalue weighted by Gasteiger charge is -2.15. The predicted molar refractivity (Wildman–Crippen MR) is 131 cm³/mol. The van der Waals surface area contributed by atoms with E-state index in [9.17, 15) is 9.90 Å². The van der Waals surface area contributed by atoms with E-state index in [4.69, 9.17) is 4.99 Å². The van der Waals surface area contributed by atoms with Gasteiger partial charge >= 0.3 is 0 Å². The van der Waals surface area contributed by atoms with Crippen LogP contribution in [0.3, 0.4) is 0 Å². The second-order valence-electron chi connectivity index (χ2n) is 7.50. The molecule has 0 atom stereocenters. The third-order valence-corrected chi connectivity index (χ3v) is 6.32. The third-order valence-electron chi connectivity index (χ3n) is 5.32. The highest BCUT2D eigenvalue weighted by Crippen LogP contribution is 2.35. The number of H-pyrrole nitrogens is 1. The van der Waals surface area contributed by atoms with E-state index < -0.39 is 0 Å². The largest absolute Gasteiger partial charge is 0.508 e. The van der Waals surface area contributed by atoms with Crippen LogP contribution in [0.2, 0.25) is 0 Å². The molecule has 4 aromatic rings. The molecule has 2 heterocycles. The number of aliphatic imine (C=N–C) groups is 1. The minimum atomic E-state index is -0.0761. The maximum absolute atomic E-state index is 13.3. The molecule has 6 heteroatoms. The number of aromatic nitrogens is 1. The van der Waals surface area contributed by atoms with Gasteiger partial charge < -0.3 is 10.1 Å². The smallest absolute Gasteiger partial charge is 0.266 e. The normalized spacial score (nSPS) is 16.5. The van der Waals surface area contributed by atoms with Crippen LogP contribution in [0.1, 0.15) is 11.1 Å². The average molecular weight is 440 g/mol. The first kappa shape index (κ1) is 20.2. The Bertz CT molecular complexity index is 1340. The zero-order chi connectivity index (χ0) is 21.9. The number of thioether (sulfide) groups is 1. The molecule has 32 heavy (non-hydrogen) atoms. The van der Waals surface area contributed by atoms with Crippen molar-refractivity contribution < 1.29 is 9.90 Å².